The van der Waals surface area contributed by atoms with Gasteiger partial charge in [-0.25, -0.2) is 0 Å². The Hall–Kier alpha value is -0.670. The van der Waals surface area contributed by atoms with E-state index < -0.39 is 0 Å². The minimum absolute atomic E-state index is 0.626. The molecule has 0 bridgehead atoms. The molecule has 0 amide bonds. The summed E-state index contributed by atoms with van der Waals surface area (Å²) in [7, 11) is 3.83. The van der Waals surface area contributed by atoms with E-state index in [4.69, 9.17) is 4.74 Å². The molecule has 2 nitrogen and oxygen atoms in total. The lowest BCUT2D eigenvalue weighted by Crippen LogP contribution is -2.41. The topological polar surface area (TPSA) is 21.3 Å². The Labute approximate surface area is 127 Å². The summed E-state index contributed by atoms with van der Waals surface area (Å²) < 4.78 is 5.33. The van der Waals surface area contributed by atoms with Crippen LogP contribution < -0.4 is 10.1 Å². The van der Waals surface area contributed by atoms with Gasteiger partial charge < -0.3 is 10.1 Å². The van der Waals surface area contributed by atoms with E-state index in [1.165, 1.54) is 24.2 Å². The van der Waals surface area contributed by atoms with Crippen LogP contribution in [0.15, 0.2) is 29.2 Å². The molecule has 1 saturated carbocycles. The quantitative estimate of drug-likeness (QED) is 0.879. The van der Waals surface area contributed by atoms with E-state index >= 15 is 0 Å². The number of thioether (sulfide) groups is 1. The summed E-state index contributed by atoms with van der Waals surface area (Å²) in [6, 6.07) is 9.06. The van der Waals surface area contributed by atoms with Gasteiger partial charge in [0.05, 0.1) is 7.11 Å². The lowest BCUT2D eigenvalue weighted by molar-refractivity contribution is 0.251. The predicted molar refractivity (Wildman–Crippen MR) is 87.7 cm³/mol. The highest BCUT2D eigenvalue weighted by atomic mass is 32.2. The molecular weight excluding hydrogens is 266 g/mol. The molecule has 0 radical (unpaired) electrons. The summed E-state index contributed by atoms with van der Waals surface area (Å²) in [6.07, 6.45) is 3.96. The average Bonchev–Trinajstić information content (AvgIpc) is 2.47. The van der Waals surface area contributed by atoms with E-state index in [1.807, 2.05) is 17.8 Å². The first kappa shape index (κ1) is 15.7. The largest absolute Gasteiger partial charge is 0.497 e. The van der Waals surface area contributed by atoms with Crippen molar-refractivity contribution in [1.29, 1.82) is 0 Å². The fraction of sp³-hybridized carbons (Fsp3) is 0.647. The molecule has 1 aliphatic rings. The Morgan fingerprint density at radius 2 is 2.10 bits per heavy atom. The van der Waals surface area contributed by atoms with E-state index in [0.717, 1.165) is 17.6 Å². The number of methoxy groups -OCH3 is 1. The summed E-state index contributed by atoms with van der Waals surface area (Å²) in [5.41, 5.74) is 0. The first-order chi connectivity index (χ1) is 9.63. The van der Waals surface area contributed by atoms with E-state index in [1.54, 1.807) is 7.11 Å². The van der Waals surface area contributed by atoms with E-state index in [2.05, 4.69) is 44.4 Å². The molecule has 3 heteroatoms. The summed E-state index contributed by atoms with van der Waals surface area (Å²) >= 11 is 2.01. The second-order valence-electron chi connectivity index (χ2n) is 6.05. The van der Waals surface area contributed by atoms with Gasteiger partial charge >= 0.3 is 0 Å². The van der Waals surface area contributed by atoms with Gasteiger partial charge in [0.2, 0.25) is 0 Å². The summed E-state index contributed by atoms with van der Waals surface area (Å²) in [6.45, 7) is 4.72. The molecule has 3 atom stereocenters. The van der Waals surface area contributed by atoms with Crippen molar-refractivity contribution in [2.24, 2.45) is 11.8 Å². The Kier molecular flexibility index (Phi) is 5.79. The maximum atomic E-state index is 5.33. The van der Waals surface area contributed by atoms with Gasteiger partial charge in [-0.15, -0.1) is 11.8 Å². The molecule has 1 N–H and O–H groups in total. The van der Waals surface area contributed by atoms with Crippen LogP contribution in [0.2, 0.25) is 0 Å². The fourth-order valence-electron chi connectivity index (χ4n) is 3.08. The number of nitrogens with one attached hydrogen (secondary N) is 1. The predicted octanol–water partition coefficient (Wildman–Crippen LogP) is 4.20. The monoisotopic (exact) mass is 293 g/mol. The van der Waals surface area contributed by atoms with Crippen LogP contribution in [0.25, 0.3) is 0 Å². The molecular formula is C17H27NOS. The third kappa shape index (κ3) is 3.92. The van der Waals surface area contributed by atoms with Crippen molar-refractivity contribution < 1.29 is 4.74 Å². The molecule has 0 heterocycles. The molecule has 112 valence electrons. The third-order valence-corrected chi connectivity index (χ3v) is 5.82. The Bertz CT molecular complexity index is 421. The van der Waals surface area contributed by atoms with Gasteiger partial charge in [0, 0.05) is 16.2 Å². The van der Waals surface area contributed by atoms with Crippen LogP contribution in [0.1, 0.15) is 33.1 Å². The van der Waals surface area contributed by atoms with Crippen LogP contribution in [0.5, 0.6) is 5.75 Å². The van der Waals surface area contributed by atoms with E-state index in [-0.39, 0.29) is 0 Å². The van der Waals surface area contributed by atoms with Crippen LogP contribution >= 0.6 is 11.8 Å². The highest BCUT2D eigenvalue weighted by Gasteiger charge is 2.31. The van der Waals surface area contributed by atoms with Crippen molar-refractivity contribution in [1.82, 2.24) is 5.32 Å². The van der Waals surface area contributed by atoms with Crippen LogP contribution in [-0.4, -0.2) is 25.4 Å². The lowest BCUT2D eigenvalue weighted by atomic mass is 9.79. The zero-order valence-electron chi connectivity index (χ0n) is 13.1. The van der Waals surface area contributed by atoms with Crippen LogP contribution in [-0.2, 0) is 0 Å². The SMILES string of the molecule is CNC1CCC(C(C)C)CC1Sc1cccc(OC)c1. The minimum Gasteiger partial charge on any atom is -0.497 e. The van der Waals surface area contributed by atoms with E-state index in [9.17, 15) is 0 Å². The molecule has 2 rings (SSSR count). The molecule has 1 aliphatic carbocycles. The highest BCUT2D eigenvalue weighted by Crippen LogP contribution is 2.39. The Balaban J connectivity index is 2.06. The first-order valence-corrected chi connectivity index (χ1v) is 8.50. The van der Waals surface area contributed by atoms with Crippen LogP contribution in [0, 0.1) is 11.8 Å². The van der Waals surface area contributed by atoms with Gasteiger partial charge in [-0.1, -0.05) is 19.9 Å². The smallest absolute Gasteiger partial charge is 0.119 e. The normalized spacial score (nSPS) is 26.8. The van der Waals surface area contributed by atoms with Gasteiger partial charge in [0.15, 0.2) is 0 Å². The van der Waals surface area contributed by atoms with Crippen LogP contribution in [0.4, 0.5) is 0 Å². The molecule has 0 aliphatic heterocycles. The summed E-state index contributed by atoms with van der Waals surface area (Å²) in [5.74, 6) is 2.61. The number of rotatable bonds is 5. The molecule has 1 fully saturated rings. The van der Waals surface area contributed by atoms with Crippen molar-refractivity contribution in [2.45, 2.75) is 49.3 Å². The van der Waals surface area contributed by atoms with Crippen molar-refractivity contribution in [2.75, 3.05) is 14.2 Å². The number of ether oxygens (including phenoxy) is 1. The Morgan fingerprint density at radius 1 is 1.30 bits per heavy atom. The molecule has 1 aromatic rings. The van der Waals surface area contributed by atoms with Gasteiger partial charge in [-0.2, -0.15) is 0 Å². The summed E-state index contributed by atoms with van der Waals surface area (Å²) in [4.78, 5) is 1.32. The summed E-state index contributed by atoms with van der Waals surface area (Å²) in [5, 5.41) is 4.17. The van der Waals surface area contributed by atoms with Crippen molar-refractivity contribution in [3.63, 3.8) is 0 Å². The first-order valence-electron chi connectivity index (χ1n) is 7.62. The molecule has 0 aromatic heterocycles. The maximum absolute atomic E-state index is 5.33. The number of hydrogen-bond acceptors (Lipinski definition) is 3. The third-order valence-electron chi connectivity index (χ3n) is 4.47. The van der Waals surface area contributed by atoms with E-state index in [0.29, 0.717) is 11.3 Å². The molecule has 0 saturated heterocycles. The molecule has 3 unspecified atom stereocenters. The molecule has 0 spiro atoms. The second-order valence-corrected chi connectivity index (χ2v) is 7.36. The van der Waals surface area contributed by atoms with Gasteiger partial charge in [0.1, 0.15) is 5.75 Å². The lowest BCUT2D eigenvalue weighted by Gasteiger charge is -2.37. The molecule has 1 aromatic carbocycles. The van der Waals surface area contributed by atoms with Gasteiger partial charge in [0.25, 0.3) is 0 Å². The highest BCUT2D eigenvalue weighted by molar-refractivity contribution is 8.00. The van der Waals surface area contributed by atoms with Gasteiger partial charge in [-0.3, -0.25) is 0 Å². The number of hydrogen-bond donors (Lipinski definition) is 1. The second kappa shape index (κ2) is 7.37. The molecule has 20 heavy (non-hydrogen) atoms. The van der Waals surface area contributed by atoms with Crippen LogP contribution in [0.3, 0.4) is 0 Å². The fourth-order valence-corrected chi connectivity index (χ4v) is 4.55. The van der Waals surface area contributed by atoms with Gasteiger partial charge in [-0.05, 0) is 56.3 Å². The average molecular weight is 293 g/mol. The minimum atomic E-state index is 0.626. The van der Waals surface area contributed by atoms with Crippen molar-refractivity contribution >= 4 is 11.8 Å². The maximum Gasteiger partial charge on any atom is 0.119 e. The van der Waals surface area contributed by atoms with Crippen molar-refractivity contribution in [3.8, 4) is 5.75 Å². The number of benzene rings is 1. The zero-order valence-corrected chi connectivity index (χ0v) is 13.9. The zero-order chi connectivity index (χ0) is 14.5. The van der Waals surface area contributed by atoms with Crippen molar-refractivity contribution in [3.05, 3.63) is 24.3 Å². The Morgan fingerprint density at radius 3 is 2.75 bits per heavy atom. The standard InChI is InChI=1S/C17H27NOS/c1-12(2)13-8-9-16(18-3)17(10-13)20-15-7-5-6-14(11-15)19-4/h5-7,11-13,16-18H,8-10H2,1-4H3.